The van der Waals surface area contributed by atoms with Crippen LogP contribution in [0.4, 0.5) is 11.6 Å². The molecule has 0 saturated carbocycles. The second-order valence-corrected chi connectivity index (χ2v) is 8.35. The first-order chi connectivity index (χ1) is 14.7. The van der Waals surface area contributed by atoms with Crippen molar-refractivity contribution >= 4 is 35.2 Å². The van der Waals surface area contributed by atoms with Gasteiger partial charge < -0.3 is 19.9 Å². The van der Waals surface area contributed by atoms with Crippen LogP contribution in [0.25, 0.3) is 0 Å². The van der Waals surface area contributed by atoms with Crippen molar-refractivity contribution in [3.8, 4) is 5.75 Å². The van der Waals surface area contributed by atoms with E-state index in [4.69, 9.17) is 4.74 Å². The van der Waals surface area contributed by atoms with Crippen molar-refractivity contribution < 1.29 is 14.3 Å². The minimum atomic E-state index is -0.444. The van der Waals surface area contributed by atoms with Crippen molar-refractivity contribution in [1.82, 2.24) is 14.9 Å². The molecule has 0 bridgehead atoms. The van der Waals surface area contributed by atoms with Gasteiger partial charge in [-0.25, -0.2) is 9.97 Å². The summed E-state index contributed by atoms with van der Waals surface area (Å²) in [6.07, 6.45) is 4.94. The molecule has 3 heterocycles. The van der Waals surface area contributed by atoms with Crippen LogP contribution in [0.2, 0.25) is 0 Å². The molecular formula is C21H25N5O3S. The lowest BCUT2D eigenvalue weighted by atomic mass is 9.95. The van der Waals surface area contributed by atoms with E-state index < -0.39 is 6.04 Å². The predicted molar refractivity (Wildman–Crippen MR) is 117 cm³/mol. The fraction of sp³-hybridized carbons (Fsp3) is 0.429. The zero-order valence-corrected chi connectivity index (χ0v) is 17.7. The van der Waals surface area contributed by atoms with E-state index in [2.05, 4.69) is 20.2 Å². The molecule has 1 aromatic carbocycles. The lowest BCUT2D eigenvalue weighted by Gasteiger charge is -2.34. The highest BCUT2D eigenvalue weighted by Crippen LogP contribution is 2.28. The highest BCUT2D eigenvalue weighted by Gasteiger charge is 2.38. The van der Waals surface area contributed by atoms with Crippen LogP contribution in [0.5, 0.6) is 5.75 Å². The number of carbonyl (C=O) groups excluding carboxylic acids is 2. The van der Waals surface area contributed by atoms with Crippen molar-refractivity contribution in [2.45, 2.75) is 18.9 Å². The molecule has 1 atom stereocenters. The molecule has 0 aliphatic carbocycles. The summed E-state index contributed by atoms with van der Waals surface area (Å²) in [5.74, 6) is 2.47. The van der Waals surface area contributed by atoms with Gasteiger partial charge in [-0.05, 0) is 43.2 Å². The zero-order valence-electron chi connectivity index (χ0n) is 16.9. The molecule has 30 heavy (non-hydrogen) atoms. The molecule has 2 fully saturated rings. The van der Waals surface area contributed by atoms with Gasteiger partial charge in [-0.15, -0.1) is 11.8 Å². The summed E-state index contributed by atoms with van der Waals surface area (Å²) in [7, 11) is 1.60. The smallest absolute Gasteiger partial charge is 0.248 e. The van der Waals surface area contributed by atoms with Crippen molar-refractivity contribution in [2.24, 2.45) is 5.92 Å². The number of hydrogen-bond acceptors (Lipinski definition) is 7. The van der Waals surface area contributed by atoms with Gasteiger partial charge in [0, 0.05) is 42.8 Å². The number of nitrogens with zero attached hydrogens (tertiary/aromatic N) is 4. The van der Waals surface area contributed by atoms with Gasteiger partial charge in [0.25, 0.3) is 0 Å². The Labute approximate surface area is 180 Å². The van der Waals surface area contributed by atoms with E-state index in [1.165, 1.54) is 0 Å². The number of hydrogen-bond donors (Lipinski definition) is 1. The van der Waals surface area contributed by atoms with E-state index in [0.29, 0.717) is 23.3 Å². The number of methoxy groups -OCH3 is 1. The summed E-state index contributed by atoms with van der Waals surface area (Å²) in [5, 5.41) is 2.93. The lowest BCUT2D eigenvalue weighted by Crippen LogP contribution is -2.49. The van der Waals surface area contributed by atoms with Crippen LogP contribution in [0.15, 0.2) is 42.7 Å². The van der Waals surface area contributed by atoms with Gasteiger partial charge in [-0.3, -0.25) is 9.59 Å². The second-order valence-electron chi connectivity index (χ2n) is 7.35. The Bertz CT molecular complexity index is 872. The van der Waals surface area contributed by atoms with Crippen LogP contribution in [-0.4, -0.2) is 64.6 Å². The Balaban J connectivity index is 1.34. The molecule has 2 aliphatic heterocycles. The zero-order chi connectivity index (χ0) is 20.9. The minimum absolute atomic E-state index is 0.0695. The Morgan fingerprint density at radius 1 is 1.13 bits per heavy atom. The summed E-state index contributed by atoms with van der Waals surface area (Å²) >= 11 is 1.62. The highest BCUT2D eigenvalue weighted by atomic mass is 32.2. The molecule has 0 radical (unpaired) electrons. The number of anilines is 2. The SMILES string of the molecule is COc1ccc(NC(=O)C2CSCN2C(=O)C2CCN(c3ncccn3)CC2)cc1. The second kappa shape index (κ2) is 9.34. The number of ether oxygens (including phenoxy) is 1. The first kappa shape index (κ1) is 20.5. The molecule has 1 aromatic heterocycles. The lowest BCUT2D eigenvalue weighted by molar-refractivity contribution is -0.140. The van der Waals surface area contributed by atoms with Gasteiger partial charge >= 0.3 is 0 Å². The van der Waals surface area contributed by atoms with Crippen LogP contribution >= 0.6 is 11.8 Å². The van der Waals surface area contributed by atoms with Gasteiger partial charge in [0.15, 0.2) is 0 Å². The Morgan fingerprint density at radius 2 is 1.83 bits per heavy atom. The van der Waals surface area contributed by atoms with Crippen LogP contribution in [0.1, 0.15) is 12.8 Å². The third-order valence-corrected chi connectivity index (χ3v) is 6.52. The first-order valence-electron chi connectivity index (χ1n) is 10.0. The van der Waals surface area contributed by atoms with Crippen LogP contribution in [0, 0.1) is 5.92 Å². The monoisotopic (exact) mass is 427 g/mol. The van der Waals surface area contributed by atoms with Gasteiger partial charge in [0.05, 0.1) is 13.0 Å². The average Bonchev–Trinajstić information content (AvgIpc) is 3.30. The number of piperidine rings is 1. The summed E-state index contributed by atoms with van der Waals surface area (Å²) in [5.41, 5.74) is 0.696. The maximum Gasteiger partial charge on any atom is 0.248 e. The molecule has 1 unspecified atom stereocenters. The Kier molecular flexibility index (Phi) is 6.37. The molecule has 158 valence electrons. The third kappa shape index (κ3) is 4.51. The number of amides is 2. The molecular weight excluding hydrogens is 402 g/mol. The average molecular weight is 428 g/mol. The largest absolute Gasteiger partial charge is 0.497 e. The van der Waals surface area contributed by atoms with Crippen LogP contribution < -0.4 is 15.0 Å². The highest BCUT2D eigenvalue weighted by molar-refractivity contribution is 7.99. The summed E-state index contributed by atoms with van der Waals surface area (Å²) in [4.78, 5) is 38.4. The number of aromatic nitrogens is 2. The van der Waals surface area contributed by atoms with Gasteiger partial charge in [-0.1, -0.05) is 0 Å². The van der Waals surface area contributed by atoms with Gasteiger partial charge in [-0.2, -0.15) is 0 Å². The van der Waals surface area contributed by atoms with E-state index in [1.807, 2.05) is 0 Å². The van der Waals surface area contributed by atoms with Crippen molar-refractivity contribution in [3.63, 3.8) is 0 Å². The maximum atomic E-state index is 13.2. The molecule has 0 spiro atoms. The van der Waals surface area contributed by atoms with Crippen LogP contribution in [0.3, 0.4) is 0 Å². The van der Waals surface area contributed by atoms with Crippen molar-refractivity contribution in [2.75, 3.05) is 42.0 Å². The molecule has 1 N–H and O–H groups in total. The quantitative estimate of drug-likeness (QED) is 0.783. The maximum absolute atomic E-state index is 13.2. The summed E-state index contributed by atoms with van der Waals surface area (Å²) in [6.45, 7) is 1.48. The normalized spacial score (nSPS) is 19.6. The number of carbonyl (C=O) groups is 2. The van der Waals surface area contributed by atoms with E-state index in [1.54, 1.807) is 66.5 Å². The summed E-state index contributed by atoms with van der Waals surface area (Å²) in [6, 6.07) is 8.54. The predicted octanol–water partition coefficient (Wildman–Crippen LogP) is 2.24. The molecule has 9 heteroatoms. The molecule has 4 rings (SSSR count). The number of rotatable bonds is 5. The molecule has 2 amide bonds. The Hall–Kier alpha value is -2.81. The molecule has 2 aliphatic rings. The van der Waals surface area contributed by atoms with E-state index in [-0.39, 0.29) is 17.7 Å². The fourth-order valence-corrected chi connectivity index (χ4v) is 4.96. The molecule has 8 nitrogen and oxygen atoms in total. The van der Waals surface area contributed by atoms with Crippen molar-refractivity contribution in [1.29, 1.82) is 0 Å². The van der Waals surface area contributed by atoms with E-state index in [9.17, 15) is 9.59 Å². The number of benzene rings is 1. The molecule has 2 aromatic rings. The Morgan fingerprint density at radius 3 is 2.50 bits per heavy atom. The topological polar surface area (TPSA) is 87.7 Å². The number of thioether (sulfide) groups is 1. The van der Waals surface area contributed by atoms with Gasteiger partial charge in [0.1, 0.15) is 11.8 Å². The van der Waals surface area contributed by atoms with E-state index >= 15 is 0 Å². The molecule has 2 saturated heterocycles. The number of nitrogens with one attached hydrogen (secondary N) is 1. The fourth-order valence-electron chi connectivity index (χ4n) is 3.79. The van der Waals surface area contributed by atoms with Crippen LogP contribution in [-0.2, 0) is 9.59 Å². The van der Waals surface area contributed by atoms with E-state index in [0.717, 1.165) is 31.7 Å². The minimum Gasteiger partial charge on any atom is -0.497 e. The standard InChI is InChI=1S/C21H25N5O3S/c1-29-17-5-3-16(4-6-17)24-19(27)18-13-30-14-26(18)20(28)15-7-11-25(12-8-15)21-22-9-2-10-23-21/h2-6,9-10,15,18H,7-8,11-14H2,1H3,(H,24,27). The first-order valence-corrected chi connectivity index (χ1v) is 11.2. The van der Waals surface area contributed by atoms with Crippen molar-refractivity contribution in [3.05, 3.63) is 42.7 Å². The van der Waals surface area contributed by atoms with Gasteiger partial charge in [0.2, 0.25) is 17.8 Å². The summed E-state index contributed by atoms with van der Waals surface area (Å²) < 4.78 is 5.15. The third-order valence-electron chi connectivity index (χ3n) is 5.50.